The number of halogens is 1. The van der Waals surface area contributed by atoms with Crippen LogP contribution in [-0.4, -0.2) is 6.10 Å². The first-order valence-corrected chi connectivity index (χ1v) is 6.03. The second-order valence-corrected chi connectivity index (χ2v) is 4.59. The monoisotopic (exact) mass is 250 g/mol. The molecule has 0 saturated heterocycles. The average Bonchev–Trinajstić information content (AvgIpc) is 2.82. The zero-order valence-electron chi connectivity index (χ0n) is 9.89. The van der Waals surface area contributed by atoms with Crippen molar-refractivity contribution in [1.29, 1.82) is 0 Å². The van der Waals surface area contributed by atoms with E-state index in [-0.39, 0.29) is 11.5 Å². The minimum absolute atomic E-state index is 0.179. The Bertz CT molecular complexity index is 446. The van der Waals surface area contributed by atoms with Crippen LogP contribution in [0.1, 0.15) is 30.4 Å². The summed E-state index contributed by atoms with van der Waals surface area (Å²) in [6, 6.07) is 9.69. The molecule has 1 aromatic heterocycles. The molecule has 90 valence electrons. The molecule has 0 radical (unpaired) electrons. The van der Waals surface area contributed by atoms with Gasteiger partial charge in [0.25, 0.3) is 0 Å². The summed E-state index contributed by atoms with van der Waals surface area (Å²) in [6.45, 7) is 4.01. The first-order valence-electron chi connectivity index (χ1n) is 5.59. The highest BCUT2D eigenvalue weighted by Crippen LogP contribution is 2.30. The number of furan rings is 1. The lowest BCUT2D eigenvalue weighted by Gasteiger charge is -2.11. The smallest absolute Gasteiger partial charge is 0.119 e. The highest BCUT2D eigenvalue weighted by molar-refractivity contribution is 6.22. The molecule has 0 amide bonds. The lowest BCUT2D eigenvalue weighted by molar-refractivity contribution is 0.242. The van der Waals surface area contributed by atoms with Crippen molar-refractivity contribution in [2.24, 2.45) is 0 Å². The van der Waals surface area contributed by atoms with E-state index in [1.165, 1.54) is 0 Å². The van der Waals surface area contributed by atoms with E-state index in [1.54, 1.807) is 12.5 Å². The number of ether oxygens (including phenoxy) is 1. The Morgan fingerprint density at radius 1 is 1.06 bits per heavy atom. The van der Waals surface area contributed by atoms with Crippen LogP contribution in [0.25, 0.3) is 0 Å². The van der Waals surface area contributed by atoms with Crippen molar-refractivity contribution in [3.8, 4) is 5.75 Å². The van der Waals surface area contributed by atoms with Crippen LogP contribution in [-0.2, 0) is 0 Å². The molecule has 1 atom stereocenters. The van der Waals surface area contributed by atoms with Gasteiger partial charge in [-0.25, -0.2) is 0 Å². The van der Waals surface area contributed by atoms with Crippen LogP contribution in [0.3, 0.4) is 0 Å². The van der Waals surface area contributed by atoms with Gasteiger partial charge in [-0.3, -0.25) is 0 Å². The zero-order chi connectivity index (χ0) is 12.3. The van der Waals surface area contributed by atoms with Crippen LogP contribution in [0, 0.1) is 0 Å². The lowest BCUT2D eigenvalue weighted by atomic mass is 10.1. The maximum Gasteiger partial charge on any atom is 0.119 e. The average molecular weight is 251 g/mol. The highest BCUT2D eigenvalue weighted by atomic mass is 35.5. The number of benzene rings is 1. The number of hydrogen-bond acceptors (Lipinski definition) is 2. The molecule has 3 heteroatoms. The van der Waals surface area contributed by atoms with Crippen molar-refractivity contribution >= 4 is 11.6 Å². The fourth-order valence-corrected chi connectivity index (χ4v) is 1.87. The Morgan fingerprint density at radius 2 is 1.76 bits per heavy atom. The highest BCUT2D eigenvalue weighted by Gasteiger charge is 2.11. The van der Waals surface area contributed by atoms with Gasteiger partial charge < -0.3 is 9.15 Å². The Morgan fingerprint density at radius 3 is 2.29 bits per heavy atom. The predicted molar refractivity (Wildman–Crippen MR) is 68.6 cm³/mol. The molecule has 0 aliphatic carbocycles. The fourth-order valence-electron chi connectivity index (χ4n) is 1.60. The Balaban J connectivity index is 2.12. The normalized spacial score (nSPS) is 12.7. The first-order chi connectivity index (χ1) is 8.16. The van der Waals surface area contributed by atoms with E-state index in [4.69, 9.17) is 20.8 Å². The summed E-state index contributed by atoms with van der Waals surface area (Å²) in [4.78, 5) is 0. The van der Waals surface area contributed by atoms with Gasteiger partial charge in [0.15, 0.2) is 0 Å². The van der Waals surface area contributed by atoms with Crippen molar-refractivity contribution in [2.45, 2.75) is 25.3 Å². The predicted octanol–water partition coefficient (Wildman–Crippen LogP) is 4.40. The molecule has 1 heterocycles. The molecule has 2 nitrogen and oxygen atoms in total. The van der Waals surface area contributed by atoms with Crippen LogP contribution < -0.4 is 4.74 Å². The summed E-state index contributed by atoms with van der Waals surface area (Å²) in [5, 5.41) is -0.179. The molecule has 0 aliphatic heterocycles. The molecule has 0 spiro atoms. The van der Waals surface area contributed by atoms with Gasteiger partial charge in [-0.1, -0.05) is 12.1 Å². The minimum Gasteiger partial charge on any atom is -0.491 e. The van der Waals surface area contributed by atoms with E-state index in [9.17, 15) is 0 Å². The van der Waals surface area contributed by atoms with Crippen LogP contribution in [0.2, 0.25) is 0 Å². The molecule has 0 saturated carbocycles. The second kappa shape index (κ2) is 5.28. The summed E-state index contributed by atoms with van der Waals surface area (Å²) >= 11 is 6.33. The third-order valence-corrected chi connectivity index (χ3v) is 2.88. The minimum atomic E-state index is -0.179. The van der Waals surface area contributed by atoms with Crippen molar-refractivity contribution in [1.82, 2.24) is 0 Å². The molecular formula is C14H15ClO2. The maximum absolute atomic E-state index is 6.33. The largest absolute Gasteiger partial charge is 0.491 e. The molecule has 2 aromatic rings. The van der Waals surface area contributed by atoms with E-state index >= 15 is 0 Å². The molecule has 2 rings (SSSR count). The van der Waals surface area contributed by atoms with Gasteiger partial charge in [-0.15, -0.1) is 11.6 Å². The van der Waals surface area contributed by atoms with Crippen molar-refractivity contribution < 1.29 is 9.15 Å². The standard InChI is InChI=1S/C14H15ClO2/c1-10(2)17-13-5-3-11(4-6-13)14(15)12-7-8-16-9-12/h3-10,14H,1-2H3. The van der Waals surface area contributed by atoms with Gasteiger partial charge >= 0.3 is 0 Å². The topological polar surface area (TPSA) is 22.4 Å². The summed E-state index contributed by atoms with van der Waals surface area (Å²) in [7, 11) is 0. The third kappa shape index (κ3) is 3.04. The van der Waals surface area contributed by atoms with Crippen LogP contribution in [0.5, 0.6) is 5.75 Å². The molecule has 0 N–H and O–H groups in total. The first kappa shape index (κ1) is 12.1. The molecule has 17 heavy (non-hydrogen) atoms. The molecule has 0 fully saturated rings. The van der Waals surface area contributed by atoms with Crippen molar-refractivity contribution in [3.63, 3.8) is 0 Å². The number of hydrogen-bond donors (Lipinski definition) is 0. The van der Waals surface area contributed by atoms with Gasteiger partial charge in [-0.05, 0) is 37.6 Å². The SMILES string of the molecule is CC(C)Oc1ccc(C(Cl)c2ccoc2)cc1. The van der Waals surface area contributed by atoms with E-state index < -0.39 is 0 Å². The van der Waals surface area contributed by atoms with E-state index in [1.807, 2.05) is 44.2 Å². The Kier molecular flexibility index (Phi) is 3.75. The Hall–Kier alpha value is -1.41. The number of alkyl halides is 1. The van der Waals surface area contributed by atoms with Crippen LogP contribution in [0.4, 0.5) is 0 Å². The second-order valence-electron chi connectivity index (χ2n) is 4.15. The van der Waals surface area contributed by atoms with E-state index in [2.05, 4.69) is 0 Å². The third-order valence-electron chi connectivity index (χ3n) is 2.38. The number of rotatable bonds is 4. The van der Waals surface area contributed by atoms with Gasteiger partial charge in [0.05, 0.1) is 24.0 Å². The van der Waals surface area contributed by atoms with Gasteiger partial charge in [0.2, 0.25) is 0 Å². The summed E-state index contributed by atoms with van der Waals surface area (Å²) < 4.78 is 10.6. The summed E-state index contributed by atoms with van der Waals surface area (Å²) in [5.41, 5.74) is 1.99. The molecular weight excluding hydrogens is 236 g/mol. The van der Waals surface area contributed by atoms with E-state index in [0.29, 0.717) is 0 Å². The molecule has 1 unspecified atom stereocenters. The molecule has 1 aromatic carbocycles. The molecule has 0 bridgehead atoms. The summed E-state index contributed by atoms with van der Waals surface area (Å²) in [6.07, 6.45) is 3.47. The van der Waals surface area contributed by atoms with Crippen molar-refractivity contribution in [3.05, 3.63) is 54.0 Å². The summed E-state index contributed by atoms with van der Waals surface area (Å²) in [5.74, 6) is 0.861. The molecule has 0 aliphatic rings. The van der Waals surface area contributed by atoms with Gasteiger partial charge in [-0.2, -0.15) is 0 Å². The Labute approximate surface area is 106 Å². The van der Waals surface area contributed by atoms with Crippen LogP contribution >= 0.6 is 11.6 Å². The maximum atomic E-state index is 6.33. The van der Waals surface area contributed by atoms with Crippen LogP contribution in [0.15, 0.2) is 47.3 Å². The lowest BCUT2D eigenvalue weighted by Crippen LogP contribution is -2.05. The zero-order valence-corrected chi connectivity index (χ0v) is 10.6. The van der Waals surface area contributed by atoms with E-state index in [0.717, 1.165) is 16.9 Å². The fraction of sp³-hybridized carbons (Fsp3) is 0.286. The van der Waals surface area contributed by atoms with Crippen molar-refractivity contribution in [2.75, 3.05) is 0 Å². The quantitative estimate of drug-likeness (QED) is 0.751. The van der Waals surface area contributed by atoms with Gasteiger partial charge in [0, 0.05) is 5.56 Å². The van der Waals surface area contributed by atoms with Gasteiger partial charge in [0.1, 0.15) is 5.75 Å².